The Morgan fingerprint density at radius 1 is 0.893 bits per heavy atom. The van der Waals surface area contributed by atoms with Gasteiger partial charge >= 0.3 is 0 Å². The molecular weight excluding hydrogens is 380 g/mol. The molecule has 0 saturated carbocycles. The lowest BCUT2D eigenvalue weighted by Crippen LogP contribution is -3.00. The van der Waals surface area contributed by atoms with E-state index in [2.05, 4.69) is 4.58 Å². The molecule has 2 nitrogen and oxygen atoms in total. The number of nitrogens with zero attached hydrogens (tertiary/aromatic N) is 1. The van der Waals surface area contributed by atoms with Gasteiger partial charge in [0, 0.05) is 6.42 Å². The van der Waals surface area contributed by atoms with Gasteiger partial charge in [0.1, 0.15) is 23.9 Å². The van der Waals surface area contributed by atoms with E-state index < -0.39 is 0 Å². The first-order valence-corrected chi connectivity index (χ1v) is 8.95. The molecule has 0 fully saturated rings. The second kappa shape index (κ2) is 8.53. The Balaban J connectivity index is 0.00000225. The summed E-state index contributed by atoms with van der Waals surface area (Å²) in [6.07, 6.45) is 0.791. The van der Waals surface area contributed by atoms with Crippen LogP contribution < -0.4 is 17.1 Å². The molecule has 0 atom stereocenters. The van der Waals surface area contributed by atoms with Gasteiger partial charge in [-0.25, -0.2) is 13.4 Å². The van der Waals surface area contributed by atoms with E-state index >= 15 is 0 Å². The first-order valence-electron chi connectivity index (χ1n) is 8.95. The van der Waals surface area contributed by atoms with Crippen LogP contribution >= 0.6 is 0 Å². The zero-order chi connectivity index (χ0) is 18.8. The summed E-state index contributed by atoms with van der Waals surface area (Å²) in [7, 11) is 1.64. The second-order valence-electron chi connectivity index (χ2n) is 6.61. The third-order valence-corrected chi connectivity index (χ3v) is 4.98. The van der Waals surface area contributed by atoms with Crippen LogP contribution in [-0.4, -0.2) is 23.9 Å². The van der Waals surface area contributed by atoms with Gasteiger partial charge in [-0.1, -0.05) is 24.3 Å². The molecule has 3 aromatic rings. The zero-order valence-electron chi connectivity index (χ0n) is 15.5. The molecule has 4 rings (SSSR count). The minimum atomic E-state index is -0.283. The summed E-state index contributed by atoms with van der Waals surface area (Å²) in [5.41, 5.74) is 3.99. The molecule has 1 heterocycles. The number of hydrogen-bond acceptors (Lipinski definition) is 1. The van der Waals surface area contributed by atoms with E-state index in [1.54, 1.807) is 31.4 Å². The van der Waals surface area contributed by atoms with Crippen LogP contribution in [0.2, 0.25) is 0 Å². The lowest BCUT2D eigenvalue weighted by molar-refractivity contribution is -0.544. The molecule has 5 heteroatoms. The number of hydrogen-bond donors (Lipinski definition) is 0. The summed E-state index contributed by atoms with van der Waals surface area (Å²) >= 11 is 0. The van der Waals surface area contributed by atoms with E-state index in [1.807, 2.05) is 30.3 Å². The van der Waals surface area contributed by atoms with Gasteiger partial charge in [-0.3, -0.25) is 0 Å². The van der Waals surface area contributed by atoms with Crippen LogP contribution in [0.4, 0.5) is 8.78 Å². The van der Waals surface area contributed by atoms with Crippen LogP contribution in [0.3, 0.4) is 0 Å². The van der Waals surface area contributed by atoms with E-state index in [-0.39, 0.29) is 24.0 Å². The highest BCUT2D eigenvalue weighted by Crippen LogP contribution is 2.26. The maximum absolute atomic E-state index is 14.7. The predicted molar refractivity (Wildman–Crippen MR) is 102 cm³/mol. The lowest BCUT2D eigenvalue weighted by Gasteiger charge is -2.20. The summed E-state index contributed by atoms with van der Waals surface area (Å²) in [5, 5.41) is 0. The molecule has 3 aromatic carbocycles. The molecule has 1 aliphatic heterocycles. The summed E-state index contributed by atoms with van der Waals surface area (Å²) in [6.45, 7) is 1.07. The Hall–Kier alpha value is -2.72. The van der Waals surface area contributed by atoms with Crippen molar-refractivity contribution in [3.8, 4) is 5.75 Å². The van der Waals surface area contributed by atoms with Crippen LogP contribution in [-0.2, 0) is 13.0 Å². The highest BCUT2D eigenvalue weighted by atomic mass is 35.5. The SMILES string of the molecule is COc1ccc2c(c1)CC[N+](Cc1ccccc1F)=C2c1ccccc1F.[Cl-]. The smallest absolute Gasteiger partial charge is 0.218 e. The van der Waals surface area contributed by atoms with Gasteiger partial charge in [0.05, 0.1) is 23.8 Å². The molecule has 0 aromatic heterocycles. The molecule has 0 saturated heterocycles. The first kappa shape index (κ1) is 20.0. The first-order chi connectivity index (χ1) is 13.2. The van der Waals surface area contributed by atoms with Gasteiger partial charge in [-0.05, 0) is 48.0 Å². The Kier molecular flexibility index (Phi) is 6.10. The fraction of sp³-hybridized carbons (Fsp3) is 0.174. The van der Waals surface area contributed by atoms with Crippen molar-refractivity contribution >= 4 is 5.71 Å². The number of benzene rings is 3. The van der Waals surface area contributed by atoms with Gasteiger partial charge in [-0.15, -0.1) is 0 Å². The Labute approximate surface area is 169 Å². The lowest BCUT2D eigenvalue weighted by atomic mass is 9.91. The summed E-state index contributed by atoms with van der Waals surface area (Å²) < 4.78 is 36.3. The molecule has 144 valence electrons. The van der Waals surface area contributed by atoms with Crippen LogP contribution in [0, 0.1) is 11.6 Å². The van der Waals surface area contributed by atoms with Crippen molar-refractivity contribution in [1.82, 2.24) is 0 Å². The molecule has 28 heavy (non-hydrogen) atoms. The van der Waals surface area contributed by atoms with Crippen molar-refractivity contribution in [3.63, 3.8) is 0 Å². The largest absolute Gasteiger partial charge is 1.00 e. The van der Waals surface area contributed by atoms with Crippen molar-refractivity contribution in [2.24, 2.45) is 0 Å². The van der Waals surface area contributed by atoms with Crippen molar-refractivity contribution in [3.05, 3.63) is 101 Å². The highest BCUT2D eigenvalue weighted by Gasteiger charge is 2.30. The van der Waals surface area contributed by atoms with Crippen LogP contribution in [0.1, 0.15) is 22.3 Å². The van der Waals surface area contributed by atoms with Crippen molar-refractivity contribution < 1.29 is 30.5 Å². The Morgan fingerprint density at radius 2 is 1.61 bits per heavy atom. The monoisotopic (exact) mass is 399 g/mol. The minimum absolute atomic E-state index is 0. The summed E-state index contributed by atoms with van der Waals surface area (Å²) in [5.74, 6) is 0.254. The van der Waals surface area contributed by atoms with Crippen LogP contribution in [0.15, 0.2) is 66.7 Å². The van der Waals surface area contributed by atoms with E-state index in [9.17, 15) is 8.78 Å². The number of methoxy groups -OCH3 is 1. The fourth-order valence-electron chi connectivity index (χ4n) is 3.63. The number of rotatable bonds is 4. The molecular formula is C23H20ClF2NO. The van der Waals surface area contributed by atoms with Gasteiger partial charge in [0.15, 0.2) is 6.54 Å². The third-order valence-electron chi connectivity index (χ3n) is 4.98. The maximum Gasteiger partial charge on any atom is 0.218 e. The number of ether oxygens (including phenoxy) is 1. The van der Waals surface area contributed by atoms with E-state index in [0.29, 0.717) is 24.2 Å². The quantitative estimate of drug-likeness (QED) is 0.607. The Morgan fingerprint density at radius 3 is 2.32 bits per heavy atom. The number of halogens is 3. The Bertz CT molecular complexity index is 1030. The summed E-state index contributed by atoms with van der Waals surface area (Å²) in [4.78, 5) is 0. The fourth-order valence-corrected chi connectivity index (χ4v) is 3.63. The van der Waals surface area contributed by atoms with Crippen molar-refractivity contribution in [1.29, 1.82) is 0 Å². The summed E-state index contributed by atoms with van der Waals surface area (Å²) in [6, 6.07) is 19.3. The average Bonchev–Trinajstić information content (AvgIpc) is 2.70. The molecule has 0 bridgehead atoms. The predicted octanol–water partition coefficient (Wildman–Crippen LogP) is 1.58. The van der Waals surface area contributed by atoms with Gasteiger partial charge in [0.2, 0.25) is 5.71 Å². The molecule has 0 amide bonds. The average molecular weight is 400 g/mol. The second-order valence-corrected chi connectivity index (χ2v) is 6.61. The molecule has 0 aliphatic carbocycles. The van der Waals surface area contributed by atoms with E-state index in [1.165, 1.54) is 12.1 Å². The van der Waals surface area contributed by atoms with Gasteiger partial charge in [-0.2, -0.15) is 0 Å². The maximum atomic E-state index is 14.7. The normalized spacial score (nSPS) is 13.0. The molecule has 0 unspecified atom stereocenters. The zero-order valence-corrected chi connectivity index (χ0v) is 16.2. The van der Waals surface area contributed by atoms with Crippen molar-refractivity contribution in [2.75, 3.05) is 13.7 Å². The van der Waals surface area contributed by atoms with Crippen LogP contribution in [0.25, 0.3) is 0 Å². The standard InChI is InChI=1S/C23H20F2NO.ClH/c1-27-18-10-11-19-16(14-18)12-13-26(15-17-6-2-4-8-21(17)24)23(19)20-7-3-5-9-22(20)25;/h2-11,14H,12-13,15H2,1H3;1H/q+1;/p-1. The van der Waals surface area contributed by atoms with Gasteiger partial charge < -0.3 is 17.1 Å². The molecule has 0 N–H and O–H groups in total. The van der Waals surface area contributed by atoms with Gasteiger partial charge in [0.25, 0.3) is 0 Å². The highest BCUT2D eigenvalue weighted by molar-refractivity contribution is 6.11. The molecule has 0 spiro atoms. The third kappa shape index (κ3) is 3.78. The molecule has 0 radical (unpaired) electrons. The van der Waals surface area contributed by atoms with E-state index in [0.717, 1.165) is 29.0 Å². The number of fused-ring (bicyclic) bond motifs is 1. The van der Waals surface area contributed by atoms with E-state index in [4.69, 9.17) is 4.74 Å². The van der Waals surface area contributed by atoms with Crippen LogP contribution in [0.5, 0.6) is 5.75 Å². The van der Waals surface area contributed by atoms with Crippen molar-refractivity contribution in [2.45, 2.75) is 13.0 Å². The minimum Gasteiger partial charge on any atom is -1.00 e. The topological polar surface area (TPSA) is 12.2 Å². The molecule has 1 aliphatic rings.